The molecule has 4 heteroatoms. The number of ether oxygens (including phenoxy) is 1. The number of nitrogens with one attached hydrogen (secondary N) is 1. The van der Waals surface area contributed by atoms with Crippen LogP contribution < -0.4 is 5.32 Å². The first-order valence-corrected chi connectivity index (χ1v) is 8.00. The molecule has 0 saturated carbocycles. The van der Waals surface area contributed by atoms with E-state index in [2.05, 4.69) is 52.2 Å². The number of thiazole rings is 1. The lowest BCUT2D eigenvalue weighted by atomic mass is 9.93. The van der Waals surface area contributed by atoms with Gasteiger partial charge in [0, 0.05) is 23.3 Å². The van der Waals surface area contributed by atoms with E-state index in [0.29, 0.717) is 6.04 Å². The van der Waals surface area contributed by atoms with Gasteiger partial charge in [-0.1, -0.05) is 27.7 Å². The fraction of sp³-hybridized carbons (Fsp3) is 0.800. The fourth-order valence-electron chi connectivity index (χ4n) is 1.75. The molecule has 3 nitrogen and oxygen atoms in total. The zero-order valence-electron chi connectivity index (χ0n) is 13.1. The van der Waals surface area contributed by atoms with Crippen molar-refractivity contribution in [3.05, 3.63) is 16.1 Å². The topological polar surface area (TPSA) is 34.1 Å². The highest BCUT2D eigenvalue weighted by Crippen LogP contribution is 2.24. The van der Waals surface area contributed by atoms with Gasteiger partial charge in [0.2, 0.25) is 0 Å². The molecule has 1 N–H and O–H groups in total. The van der Waals surface area contributed by atoms with Gasteiger partial charge in [0.1, 0.15) is 0 Å². The first-order valence-electron chi connectivity index (χ1n) is 7.12. The first-order chi connectivity index (χ1) is 8.82. The third-order valence-electron chi connectivity index (χ3n) is 2.86. The molecule has 0 aromatic carbocycles. The minimum absolute atomic E-state index is 0.136. The van der Waals surface area contributed by atoms with E-state index in [1.54, 1.807) is 11.3 Å². The zero-order chi connectivity index (χ0) is 14.5. The van der Waals surface area contributed by atoms with Crippen molar-refractivity contribution in [3.63, 3.8) is 0 Å². The average molecular weight is 284 g/mol. The van der Waals surface area contributed by atoms with Gasteiger partial charge in [0.25, 0.3) is 0 Å². The summed E-state index contributed by atoms with van der Waals surface area (Å²) < 4.78 is 5.72. The van der Waals surface area contributed by atoms with Gasteiger partial charge in [-0.3, -0.25) is 0 Å². The third-order valence-corrected chi connectivity index (χ3v) is 3.74. The lowest BCUT2D eigenvalue weighted by Gasteiger charge is -2.18. The molecule has 0 saturated heterocycles. The molecule has 0 fully saturated rings. The van der Waals surface area contributed by atoms with Crippen LogP contribution in [0.15, 0.2) is 5.38 Å². The predicted molar refractivity (Wildman–Crippen MR) is 83.1 cm³/mol. The lowest BCUT2D eigenvalue weighted by Crippen LogP contribution is -2.36. The normalized spacial score (nSPS) is 14.1. The van der Waals surface area contributed by atoms with Crippen LogP contribution in [-0.2, 0) is 16.6 Å². The molecule has 1 aromatic rings. The summed E-state index contributed by atoms with van der Waals surface area (Å²) in [5.74, 6) is 0. The van der Waals surface area contributed by atoms with Gasteiger partial charge < -0.3 is 10.1 Å². The Kier molecular flexibility index (Phi) is 6.43. The van der Waals surface area contributed by atoms with Gasteiger partial charge in [0.15, 0.2) is 0 Å². The van der Waals surface area contributed by atoms with E-state index in [1.165, 1.54) is 10.7 Å². The van der Waals surface area contributed by atoms with Crippen molar-refractivity contribution < 1.29 is 4.74 Å². The number of hydrogen-bond donors (Lipinski definition) is 1. The molecule has 1 heterocycles. The van der Waals surface area contributed by atoms with Crippen molar-refractivity contribution in [2.24, 2.45) is 0 Å². The molecule has 110 valence electrons. The molecule has 0 spiro atoms. The van der Waals surface area contributed by atoms with Crippen molar-refractivity contribution in [2.75, 3.05) is 13.2 Å². The van der Waals surface area contributed by atoms with Crippen LogP contribution in [0.25, 0.3) is 0 Å². The van der Waals surface area contributed by atoms with E-state index in [1.807, 2.05) is 0 Å². The van der Waals surface area contributed by atoms with Gasteiger partial charge in [0.05, 0.1) is 23.4 Å². The summed E-state index contributed by atoms with van der Waals surface area (Å²) in [5.41, 5.74) is 1.32. The van der Waals surface area contributed by atoms with Crippen molar-refractivity contribution in [3.8, 4) is 0 Å². The highest BCUT2D eigenvalue weighted by Gasteiger charge is 2.19. The maximum Gasteiger partial charge on any atom is 0.0944 e. The highest BCUT2D eigenvalue weighted by molar-refractivity contribution is 7.09. The Morgan fingerprint density at radius 3 is 2.53 bits per heavy atom. The van der Waals surface area contributed by atoms with E-state index in [4.69, 9.17) is 9.72 Å². The number of aromatic nitrogens is 1. The molecule has 1 atom stereocenters. The summed E-state index contributed by atoms with van der Waals surface area (Å²) in [6.45, 7) is 14.6. The standard InChI is InChI=1S/C15H28N2OS/c1-7-16-12(9-18-11(2)3)8-14-17-13(10-19-14)15(4,5)6/h10-12,16H,7-9H2,1-6H3. The van der Waals surface area contributed by atoms with Gasteiger partial charge >= 0.3 is 0 Å². The Balaban J connectivity index is 2.60. The summed E-state index contributed by atoms with van der Waals surface area (Å²) >= 11 is 1.76. The molecule has 0 aliphatic rings. The monoisotopic (exact) mass is 284 g/mol. The minimum Gasteiger partial charge on any atom is -0.377 e. The second-order valence-corrected chi connectivity index (χ2v) is 7.16. The highest BCUT2D eigenvalue weighted by atomic mass is 32.1. The van der Waals surface area contributed by atoms with Crippen molar-refractivity contribution in [1.29, 1.82) is 0 Å². The largest absolute Gasteiger partial charge is 0.377 e. The quantitative estimate of drug-likeness (QED) is 0.833. The number of nitrogens with zero attached hydrogens (tertiary/aromatic N) is 1. The molecular formula is C15H28N2OS. The molecule has 0 aliphatic heterocycles. The summed E-state index contributed by atoms with van der Waals surface area (Å²) in [5, 5.41) is 6.86. The maximum atomic E-state index is 5.72. The SMILES string of the molecule is CCNC(COC(C)C)Cc1nc(C(C)(C)C)cs1. The van der Waals surface area contributed by atoms with E-state index in [0.717, 1.165) is 19.6 Å². The van der Waals surface area contributed by atoms with Crippen molar-refractivity contribution >= 4 is 11.3 Å². The second kappa shape index (κ2) is 7.36. The molecule has 1 rings (SSSR count). The fourth-order valence-corrected chi connectivity index (χ4v) is 2.85. The molecular weight excluding hydrogens is 256 g/mol. The number of rotatable bonds is 7. The van der Waals surface area contributed by atoms with Crippen molar-refractivity contribution in [2.45, 2.75) is 65.5 Å². The second-order valence-electron chi connectivity index (χ2n) is 6.22. The molecule has 1 unspecified atom stereocenters. The third kappa shape index (κ3) is 6.02. The molecule has 0 bridgehead atoms. The lowest BCUT2D eigenvalue weighted by molar-refractivity contribution is 0.0616. The molecule has 19 heavy (non-hydrogen) atoms. The van der Waals surface area contributed by atoms with Crippen LogP contribution in [0.3, 0.4) is 0 Å². The van der Waals surface area contributed by atoms with Crippen LogP contribution in [0, 0.1) is 0 Å². The smallest absolute Gasteiger partial charge is 0.0944 e. The minimum atomic E-state index is 0.136. The van der Waals surface area contributed by atoms with Crippen LogP contribution in [0.5, 0.6) is 0 Å². The van der Waals surface area contributed by atoms with E-state index >= 15 is 0 Å². The molecule has 0 amide bonds. The van der Waals surface area contributed by atoms with E-state index < -0.39 is 0 Å². The Morgan fingerprint density at radius 1 is 1.37 bits per heavy atom. The summed E-state index contributed by atoms with van der Waals surface area (Å²) in [7, 11) is 0. The predicted octanol–water partition coefficient (Wildman–Crippen LogP) is 3.39. The van der Waals surface area contributed by atoms with Gasteiger partial charge in [-0.15, -0.1) is 11.3 Å². The molecule has 0 radical (unpaired) electrons. The van der Waals surface area contributed by atoms with Crippen LogP contribution >= 0.6 is 11.3 Å². The van der Waals surface area contributed by atoms with Gasteiger partial charge in [-0.05, 0) is 20.4 Å². The maximum absolute atomic E-state index is 5.72. The van der Waals surface area contributed by atoms with E-state index in [9.17, 15) is 0 Å². The number of likely N-dealkylation sites (N-methyl/N-ethyl adjacent to an activating group) is 1. The van der Waals surface area contributed by atoms with E-state index in [-0.39, 0.29) is 11.5 Å². The Labute approximate surface area is 121 Å². The Morgan fingerprint density at radius 2 is 2.05 bits per heavy atom. The summed E-state index contributed by atoms with van der Waals surface area (Å²) in [4.78, 5) is 4.75. The average Bonchev–Trinajstić information content (AvgIpc) is 2.74. The van der Waals surface area contributed by atoms with Gasteiger partial charge in [-0.2, -0.15) is 0 Å². The van der Waals surface area contributed by atoms with Crippen LogP contribution in [-0.4, -0.2) is 30.3 Å². The number of hydrogen-bond acceptors (Lipinski definition) is 4. The Bertz CT molecular complexity index is 368. The molecule has 1 aromatic heterocycles. The van der Waals surface area contributed by atoms with Crippen LogP contribution in [0.2, 0.25) is 0 Å². The summed E-state index contributed by atoms with van der Waals surface area (Å²) in [6, 6.07) is 0.353. The Hall–Kier alpha value is -0.450. The summed E-state index contributed by atoms with van der Waals surface area (Å²) in [6.07, 6.45) is 1.23. The van der Waals surface area contributed by atoms with Crippen LogP contribution in [0.4, 0.5) is 0 Å². The van der Waals surface area contributed by atoms with Gasteiger partial charge in [-0.25, -0.2) is 4.98 Å². The van der Waals surface area contributed by atoms with Crippen LogP contribution in [0.1, 0.15) is 52.2 Å². The first kappa shape index (κ1) is 16.6. The molecule has 0 aliphatic carbocycles. The van der Waals surface area contributed by atoms with Crippen molar-refractivity contribution in [1.82, 2.24) is 10.3 Å². The zero-order valence-corrected chi connectivity index (χ0v) is 13.9.